The van der Waals surface area contributed by atoms with Gasteiger partial charge in [0.1, 0.15) is 23.2 Å². The van der Waals surface area contributed by atoms with Crippen molar-refractivity contribution >= 4 is 0 Å². The summed E-state index contributed by atoms with van der Waals surface area (Å²) in [4.78, 5) is 6.83. The highest BCUT2D eigenvalue weighted by Gasteiger charge is 2.30. The lowest BCUT2D eigenvalue weighted by Gasteiger charge is -2.18. The first-order chi connectivity index (χ1) is 11.0. The fourth-order valence-corrected chi connectivity index (χ4v) is 2.43. The molecule has 7 heteroatoms. The minimum absolute atomic E-state index is 0.232. The van der Waals surface area contributed by atoms with E-state index in [0.29, 0.717) is 28.6 Å². The highest BCUT2D eigenvalue weighted by Crippen LogP contribution is 2.38. The van der Waals surface area contributed by atoms with Crippen LogP contribution in [0.3, 0.4) is 0 Å². The third-order valence-electron chi connectivity index (χ3n) is 3.49. The highest BCUT2D eigenvalue weighted by molar-refractivity contribution is 5.46. The van der Waals surface area contributed by atoms with E-state index in [4.69, 9.17) is 9.47 Å². The molecule has 1 aromatic carbocycles. The summed E-state index contributed by atoms with van der Waals surface area (Å²) in [7, 11) is 3.02. The van der Waals surface area contributed by atoms with Gasteiger partial charge in [-0.25, -0.2) is 0 Å². The van der Waals surface area contributed by atoms with Gasteiger partial charge >= 0.3 is 0 Å². The summed E-state index contributed by atoms with van der Waals surface area (Å²) in [6, 6.07) is 9.00. The molecule has 0 bridgehead atoms. The molecule has 23 heavy (non-hydrogen) atoms. The zero-order valence-corrected chi connectivity index (χ0v) is 13.0. The van der Waals surface area contributed by atoms with Crippen LogP contribution in [0.4, 0.5) is 0 Å². The first-order valence-electron chi connectivity index (χ1n) is 6.81. The third-order valence-corrected chi connectivity index (χ3v) is 3.49. The van der Waals surface area contributed by atoms with E-state index in [-0.39, 0.29) is 5.88 Å². The van der Waals surface area contributed by atoms with Crippen LogP contribution in [-0.2, 0) is 0 Å². The first kappa shape index (κ1) is 16.2. The number of nitrogens with zero attached hydrogens (tertiary/aromatic N) is 3. The van der Waals surface area contributed by atoms with E-state index in [1.807, 2.05) is 12.1 Å². The summed E-state index contributed by atoms with van der Waals surface area (Å²) in [6.45, 7) is 1.68. The predicted molar refractivity (Wildman–Crippen MR) is 81.1 cm³/mol. The summed E-state index contributed by atoms with van der Waals surface area (Å²) in [5.74, 6) is -0.422. The number of aromatic nitrogens is 2. The summed E-state index contributed by atoms with van der Waals surface area (Å²) >= 11 is 0. The van der Waals surface area contributed by atoms with E-state index in [0.717, 1.165) is 0 Å². The minimum Gasteiger partial charge on any atom is -0.497 e. The van der Waals surface area contributed by atoms with Gasteiger partial charge in [0.05, 0.1) is 38.0 Å². The van der Waals surface area contributed by atoms with E-state index in [2.05, 4.69) is 9.97 Å². The van der Waals surface area contributed by atoms with Crippen molar-refractivity contribution < 1.29 is 14.6 Å². The van der Waals surface area contributed by atoms with Crippen LogP contribution in [0.5, 0.6) is 17.4 Å². The standard InChI is InChI=1S/C16H16N4O3/c1-9-19-15(16(21)20-9)14(11(7-17)8-18)10-4-12(22-2)6-13(5-10)23-3/h4-6,11,14,21H,1-3H3,(H,19,20)/t14-/m1/s1. The van der Waals surface area contributed by atoms with Gasteiger partial charge in [-0.2, -0.15) is 15.5 Å². The van der Waals surface area contributed by atoms with Gasteiger partial charge in [-0.05, 0) is 24.6 Å². The topological polar surface area (TPSA) is 115 Å². The lowest BCUT2D eigenvalue weighted by Crippen LogP contribution is -2.12. The van der Waals surface area contributed by atoms with Crippen LogP contribution in [0.15, 0.2) is 18.2 Å². The van der Waals surface area contributed by atoms with Crippen LogP contribution in [0.25, 0.3) is 0 Å². The lowest BCUT2D eigenvalue weighted by molar-refractivity contribution is 0.392. The molecule has 7 nitrogen and oxygen atoms in total. The number of ether oxygens (including phenoxy) is 2. The molecule has 0 unspecified atom stereocenters. The van der Waals surface area contributed by atoms with Crippen molar-refractivity contribution in [3.63, 3.8) is 0 Å². The van der Waals surface area contributed by atoms with Gasteiger partial charge in [0, 0.05) is 6.07 Å². The van der Waals surface area contributed by atoms with Crippen LogP contribution in [0, 0.1) is 35.5 Å². The molecule has 0 radical (unpaired) electrons. The smallest absolute Gasteiger partial charge is 0.233 e. The molecule has 0 aliphatic heterocycles. The SMILES string of the molecule is COc1cc(OC)cc([C@@H](c2[nH]c(C)nc2O)C(C#N)C#N)c1. The zero-order valence-electron chi connectivity index (χ0n) is 13.0. The minimum atomic E-state index is -1.02. The Hall–Kier alpha value is -3.19. The van der Waals surface area contributed by atoms with Gasteiger partial charge in [0.15, 0.2) is 0 Å². The van der Waals surface area contributed by atoms with Gasteiger partial charge in [-0.15, -0.1) is 0 Å². The Morgan fingerprint density at radius 2 is 1.70 bits per heavy atom. The molecule has 0 saturated carbocycles. The van der Waals surface area contributed by atoms with Crippen LogP contribution in [-0.4, -0.2) is 29.3 Å². The Morgan fingerprint density at radius 3 is 2.09 bits per heavy atom. The third kappa shape index (κ3) is 3.19. The summed E-state index contributed by atoms with van der Waals surface area (Å²) in [5, 5.41) is 28.7. The normalized spacial score (nSPS) is 11.6. The molecule has 1 heterocycles. The molecule has 118 valence electrons. The number of methoxy groups -OCH3 is 2. The number of aryl methyl sites for hydroxylation is 1. The van der Waals surface area contributed by atoms with Crippen molar-refractivity contribution in [1.29, 1.82) is 10.5 Å². The molecule has 0 fully saturated rings. The molecule has 0 aliphatic carbocycles. The molecule has 2 aromatic rings. The number of aromatic amines is 1. The maximum absolute atomic E-state index is 10.0. The number of imidazole rings is 1. The van der Waals surface area contributed by atoms with Crippen LogP contribution in [0.2, 0.25) is 0 Å². The number of rotatable bonds is 5. The average molecular weight is 312 g/mol. The van der Waals surface area contributed by atoms with Crippen LogP contribution >= 0.6 is 0 Å². The van der Waals surface area contributed by atoms with E-state index >= 15 is 0 Å². The first-order valence-corrected chi connectivity index (χ1v) is 6.81. The Balaban J connectivity index is 2.66. The van der Waals surface area contributed by atoms with Crippen molar-refractivity contribution in [2.75, 3.05) is 14.2 Å². The van der Waals surface area contributed by atoms with Crippen molar-refractivity contribution in [2.24, 2.45) is 5.92 Å². The van der Waals surface area contributed by atoms with E-state index < -0.39 is 11.8 Å². The summed E-state index contributed by atoms with van der Waals surface area (Å²) in [5.41, 5.74) is 0.916. The number of hydrogen-bond acceptors (Lipinski definition) is 6. The second-order valence-corrected chi connectivity index (χ2v) is 4.92. The summed E-state index contributed by atoms with van der Waals surface area (Å²) in [6.07, 6.45) is 0. The molecule has 0 spiro atoms. The number of aromatic hydroxyl groups is 1. The molecule has 0 aliphatic rings. The molecule has 2 rings (SSSR count). The summed E-state index contributed by atoms with van der Waals surface area (Å²) < 4.78 is 10.5. The Kier molecular flexibility index (Phi) is 4.72. The number of nitriles is 2. The number of benzene rings is 1. The second-order valence-electron chi connectivity index (χ2n) is 4.92. The van der Waals surface area contributed by atoms with Crippen molar-refractivity contribution in [3.05, 3.63) is 35.3 Å². The quantitative estimate of drug-likeness (QED) is 0.874. The second kappa shape index (κ2) is 6.71. The van der Waals surface area contributed by atoms with E-state index in [9.17, 15) is 15.6 Å². The fraction of sp³-hybridized carbons (Fsp3) is 0.312. The lowest BCUT2D eigenvalue weighted by atomic mass is 9.85. The van der Waals surface area contributed by atoms with Gasteiger partial charge in [-0.3, -0.25) is 0 Å². The van der Waals surface area contributed by atoms with Crippen molar-refractivity contribution in [2.45, 2.75) is 12.8 Å². The predicted octanol–water partition coefficient (Wildman–Crippen LogP) is 2.24. The Bertz CT molecular complexity index is 749. The van der Waals surface area contributed by atoms with Crippen molar-refractivity contribution in [1.82, 2.24) is 9.97 Å². The maximum atomic E-state index is 10.0. The van der Waals surface area contributed by atoms with Crippen molar-refractivity contribution in [3.8, 4) is 29.5 Å². The number of hydrogen-bond donors (Lipinski definition) is 2. The Labute approximate surface area is 133 Å². The molecular formula is C16H16N4O3. The largest absolute Gasteiger partial charge is 0.497 e. The zero-order chi connectivity index (χ0) is 17.0. The van der Waals surface area contributed by atoms with Gasteiger partial charge < -0.3 is 19.6 Å². The fourth-order valence-electron chi connectivity index (χ4n) is 2.43. The molecule has 0 saturated heterocycles. The van der Waals surface area contributed by atoms with Gasteiger partial charge in [-0.1, -0.05) is 0 Å². The molecule has 2 N–H and O–H groups in total. The maximum Gasteiger partial charge on any atom is 0.233 e. The molecule has 1 aromatic heterocycles. The van der Waals surface area contributed by atoms with E-state index in [1.165, 1.54) is 14.2 Å². The van der Waals surface area contributed by atoms with Crippen LogP contribution < -0.4 is 9.47 Å². The number of H-pyrrole nitrogens is 1. The van der Waals surface area contributed by atoms with E-state index in [1.54, 1.807) is 25.1 Å². The monoisotopic (exact) mass is 312 g/mol. The Morgan fingerprint density at radius 1 is 1.13 bits per heavy atom. The molecule has 1 atom stereocenters. The highest BCUT2D eigenvalue weighted by atomic mass is 16.5. The van der Waals surface area contributed by atoms with Gasteiger partial charge in [0.2, 0.25) is 5.88 Å². The van der Waals surface area contributed by atoms with Crippen LogP contribution in [0.1, 0.15) is 23.0 Å². The van der Waals surface area contributed by atoms with Gasteiger partial charge in [0.25, 0.3) is 0 Å². The molecule has 0 amide bonds. The average Bonchev–Trinajstić information content (AvgIpc) is 2.89. The molecular weight excluding hydrogens is 296 g/mol. The number of nitrogens with one attached hydrogen (secondary N) is 1.